The molecule has 3 fully saturated rings. The van der Waals surface area contributed by atoms with Crippen molar-refractivity contribution in [3.8, 4) is 5.75 Å². The molecule has 4 heterocycles. The first kappa shape index (κ1) is 34.7. The largest absolute Gasteiger partial charge is 0.508 e. The molecule has 10 heteroatoms. The van der Waals surface area contributed by atoms with Crippen molar-refractivity contribution in [1.29, 1.82) is 0 Å². The summed E-state index contributed by atoms with van der Waals surface area (Å²) in [4.78, 5) is 46.6. The molecule has 4 aromatic rings. The fourth-order valence-corrected chi connectivity index (χ4v) is 9.77. The zero-order chi connectivity index (χ0) is 36.8. The van der Waals surface area contributed by atoms with Crippen LogP contribution in [0.1, 0.15) is 88.7 Å². The molecule has 54 heavy (non-hydrogen) atoms. The number of phenolic OH excluding ortho intramolecular Hbond substituents is 1. The van der Waals surface area contributed by atoms with Crippen molar-refractivity contribution < 1.29 is 19.5 Å². The zero-order valence-corrected chi connectivity index (χ0v) is 30.8. The van der Waals surface area contributed by atoms with E-state index in [1.54, 1.807) is 11.0 Å². The van der Waals surface area contributed by atoms with Crippen molar-refractivity contribution in [2.45, 2.75) is 69.4 Å². The van der Waals surface area contributed by atoms with Crippen molar-refractivity contribution in [2.24, 2.45) is 5.92 Å². The molecular weight excluding hydrogens is 677 g/mol. The van der Waals surface area contributed by atoms with Crippen LogP contribution in [0.2, 0.25) is 0 Å². The van der Waals surface area contributed by atoms with E-state index in [0.29, 0.717) is 42.5 Å². The minimum atomic E-state index is -0.481. The Morgan fingerprint density at radius 3 is 2.30 bits per heavy atom. The Kier molecular flexibility index (Phi) is 9.39. The molecule has 1 unspecified atom stereocenters. The van der Waals surface area contributed by atoms with Crippen molar-refractivity contribution in [3.63, 3.8) is 0 Å². The third-order valence-corrected chi connectivity index (χ3v) is 12.7. The number of fused-ring (bicyclic) bond motifs is 2. The Balaban J connectivity index is 0.780. The minimum Gasteiger partial charge on any atom is -0.508 e. The highest BCUT2D eigenvalue weighted by atomic mass is 16.3. The molecule has 1 N–H and O–H groups in total. The molecule has 278 valence electrons. The van der Waals surface area contributed by atoms with E-state index in [2.05, 4.69) is 75.4 Å². The number of amides is 1. The Morgan fingerprint density at radius 2 is 1.54 bits per heavy atom. The van der Waals surface area contributed by atoms with E-state index in [-0.39, 0.29) is 29.8 Å². The lowest BCUT2D eigenvalue weighted by Crippen LogP contribution is -2.49. The van der Waals surface area contributed by atoms with Gasteiger partial charge in [0.25, 0.3) is 5.91 Å². The number of carbonyl (C=O) groups excluding carboxylic acids is 3. The van der Waals surface area contributed by atoms with Crippen LogP contribution in [-0.2, 0) is 22.6 Å². The third kappa shape index (κ3) is 6.76. The molecule has 3 atom stereocenters. The van der Waals surface area contributed by atoms with Gasteiger partial charge in [-0.1, -0.05) is 36.4 Å². The molecule has 9 rings (SSSR count). The number of phenols is 1. The van der Waals surface area contributed by atoms with Gasteiger partial charge in [0, 0.05) is 75.9 Å². The highest BCUT2D eigenvalue weighted by molar-refractivity contribution is 6.07. The van der Waals surface area contributed by atoms with Gasteiger partial charge in [0.05, 0.1) is 18.2 Å². The van der Waals surface area contributed by atoms with Gasteiger partial charge in [-0.2, -0.15) is 5.10 Å². The van der Waals surface area contributed by atoms with Crippen LogP contribution in [0.4, 0.5) is 11.5 Å². The van der Waals surface area contributed by atoms with Crippen LogP contribution in [0.15, 0.2) is 78.9 Å². The predicted molar refractivity (Wildman–Crippen MR) is 207 cm³/mol. The summed E-state index contributed by atoms with van der Waals surface area (Å²) in [5.41, 5.74) is 7.54. The number of carbonyl (C=O) groups is 3. The molecule has 2 saturated heterocycles. The van der Waals surface area contributed by atoms with Crippen molar-refractivity contribution in [2.75, 3.05) is 55.6 Å². The first-order valence-corrected chi connectivity index (χ1v) is 19.8. The normalized spacial score (nSPS) is 23.8. The van der Waals surface area contributed by atoms with Gasteiger partial charge < -0.3 is 19.8 Å². The molecule has 1 amide bonds. The molecular formula is C44H48N6O4. The molecule has 3 aromatic carbocycles. The summed E-state index contributed by atoms with van der Waals surface area (Å²) in [5.74, 6) is 2.08. The van der Waals surface area contributed by atoms with Gasteiger partial charge in [-0.25, -0.2) is 0 Å². The first-order chi connectivity index (χ1) is 26.4. The number of aromatic nitrogens is 2. The van der Waals surface area contributed by atoms with Crippen LogP contribution in [0.3, 0.4) is 0 Å². The maximum Gasteiger partial charge on any atom is 0.255 e. The molecule has 2 aliphatic carbocycles. The van der Waals surface area contributed by atoms with Gasteiger partial charge in [-0.3, -0.25) is 19.3 Å². The number of anilines is 2. The van der Waals surface area contributed by atoms with E-state index in [1.165, 1.54) is 16.7 Å². The van der Waals surface area contributed by atoms with Crippen molar-refractivity contribution >= 4 is 29.0 Å². The standard InChI is InChI=1S/C44H48N6O4/c51-34-8-12-37-31(25-34)6-10-36(30-4-2-1-3-5-30)43(37)39-13-15-42(46-45-39)49-18-16-29(17-19-49)27-47-20-22-48(23-21-47)33-7-11-38-32(24-33)28-50(44(38)54)40-14-9-35(52)26-41(40)53/h1-5,7-8,11-13,15,24-25,29,36,40,43,51H,6,9-10,14,16-23,26-28H2/t36-,40?,43+/m1/s1. The number of ketones is 2. The fraction of sp³-hybridized carbons (Fsp3) is 0.432. The Morgan fingerprint density at radius 1 is 0.722 bits per heavy atom. The van der Waals surface area contributed by atoms with Crippen LogP contribution in [0.25, 0.3) is 0 Å². The van der Waals surface area contributed by atoms with Crippen LogP contribution in [0.5, 0.6) is 5.75 Å². The van der Waals surface area contributed by atoms with Gasteiger partial charge in [-0.05, 0) is 109 Å². The summed E-state index contributed by atoms with van der Waals surface area (Å²) in [6.07, 6.45) is 4.95. The number of Topliss-reactive ketones (excluding diaryl/α,β-unsaturated/α-hetero) is 2. The lowest BCUT2D eigenvalue weighted by molar-refractivity contribution is -0.133. The van der Waals surface area contributed by atoms with E-state index in [0.717, 1.165) is 94.3 Å². The number of hydrogen-bond donors (Lipinski definition) is 1. The average Bonchev–Trinajstić information content (AvgIpc) is 3.53. The Bertz CT molecular complexity index is 2040. The molecule has 10 nitrogen and oxygen atoms in total. The number of piperazine rings is 1. The highest BCUT2D eigenvalue weighted by Crippen LogP contribution is 2.46. The second-order valence-corrected chi connectivity index (χ2v) is 16.0. The van der Waals surface area contributed by atoms with Gasteiger partial charge in [0.15, 0.2) is 11.6 Å². The summed E-state index contributed by atoms with van der Waals surface area (Å²) in [7, 11) is 0. The van der Waals surface area contributed by atoms with Crippen LogP contribution in [0, 0.1) is 5.92 Å². The molecule has 0 spiro atoms. The van der Waals surface area contributed by atoms with E-state index in [9.17, 15) is 19.5 Å². The maximum atomic E-state index is 13.2. The third-order valence-electron chi connectivity index (χ3n) is 12.7. The SMILES string of the molecule is O=C1CCC(N2Cc3cc(N4CCN(CC5CCN(c6ccc([C@@H]7c8ccc(O)cc8CC[C@@H]7c7ccccc7)nn6)CC5)CC4)ccc3C2=O)C(=O)C1. The average molecular weight is 725 g/mol. The van der Waals surface area contributed by atoms with E-state index >= 15 is 0 Å². The van der Waals surface area contributed by atoms with Crippen LogP contribution < -0.4 is 9.80 Å². The Labute approximate surface area is 316 Å². The number of nitrogens with zero attached hydrogens (tertiary/aromatic N) is 6. The van der Waals surface area contributed by atoms with E-state index < -0.39 is 6.04 Å². The highest BCUT2D eigenvalue weighted by Gasteiger charge is 2.39. The van der Waals surface area contributed by atoms with Crippen molar-refractivity contribution in [1.82, 2.24) is 20.0 Å². The van der Waals surface area contributed by atoms with E-state index in [1.807, 2.05) is 12.1 Å². The lowest BCUT2D eigenvalue weighted by atomic mass is 9.70. The monoisotopic (exact) mass is 724 g/mol. The molecule has 1 aromatic heterocycles. The summed E-state index contributed by atoms with van der Waals surface area (Å²) in [5, 5.41) is 19.9. The topological polar surface area (TPSA) is 110 Å². The Hall–Kier alpha value is -5.09. The molecule has 0 radical (unpaired) electrons. The lowest BCUT2D eigenvalue weighted by Gasteiger charge is -2.40. The minimum absolute atomic E-state index is 0.0215. The van der Waals surface area contributed by atoms with Crippen molar-refractivity contribution in [3.05, 3.63) is 112 Å². The van der Waals surface area contributed by atoms with Gasteiger partial charge in [0.2, 0.25) is 0 Å². The summed E-state index contributed by atoms with van der Waals surface area (Å²) >= 11 is 0. The van der Waals surface area contributed by atoms with Crippen LogP contribution >= 0.6 is 0 Å². The first-order valence-electron chi connectivity index (χ1n) is 19.8. The number of aryl methyl sites for hydroxylation is 1. The predicted octanol–water partition coefficient (Wildman–Crippen LogP) is 5.73. The smallest absolute Gasteiger partial charge is 0.255 e. The number of hydrogen-bond acceptors (Lipinski definition) is 9. The maximum absolute atomic E-state index is 13.2. The zero-order valence-electron chi connectivity index (χ0n) is 30.8. The second-order valence-electron chi connectivity index (χ2n) is 16.0. The summed E-state index contributed by atoms with van der Waals surface area (Å²) < 4.78 is 0. The quantitative estimate of drug-likeness (QED) is 0.239. The number of piperidine rings is 1. The van der Waals surface area contributed by atoms with Gasteiger partial charge >= 0.3 is 0 Å². The van der Waals surface area contributed by atoms with Gasteiger partial charge in [0.1, 0.15) is 11.5 Å². The molecule has 3 aliphatic heterocycles. The number of aromatic hydroxyl groups is 1. The fourth-order valence-electron chi connectivity index (χ4n) is 9.77. The molecule has 5 aliphatic rings. The van der Waals surface area contributed by atoms with E-state index in [4.69, 9.17) is 10.2 Å². The van der Waals surface area contributed by atoms with Gasteiger partial charge in [-0.15, -0.1) is 5.10 Å². The number of benzene rings is 3. The van der Waals surface area contributed by atoms with Crippen LogP contribution in [-0.4, -0.2) is 94.4 Å². The summed E-state index contributed by atoms with van der Waals surface area (Å²) in [6.45, 7) is 7.40. The molecule has 0 bridgehead atoms. The second kappa shape index (κ2) is 14.6. The summed E-state index contributed by atoms with van der Waals surface area (Å²) in [6, 6.07) is 26.5. The number of rotatable bonds is 7. The molecule has 1 saturated carbocycles.